The maximum Gasteiger partial charge on any atom is 0.408 e. The van der Waals surface area contributed by atoms with Crippen molar-refractivity contribution in [3.8, 4) is 5.75 Å². The summed E-state index contributed by atoms with van der Waals surface area (Å²) in [5.74, 6) is 1.49. The zero-order valence-corrected chi connectivity index (χ0v) is 25.6. The zero-order chi connectivity index (χ0) is 30.1. The van der Waals surface area contributed by atoms with Crippen molar-refractivity contribution in [2.45, 2.75) is 69.8 Å². The lowest BCUT2D eigenvalue weighted by Gasteiger charge is -2.43. The second-order valence-corrected chi connectivity index (χ2v) is 12.7. The highest BCUT2D eigenvalue weighted by Gasteiger charge is 2.37. The van der Waals surface area contributed by atoms with Crippen LogP contribution in [0.3, 0.4) is 0 Å². The van der Waals surface area contributed by atoms with Gasteiger partial charge in [-0.2, -0.15) is 0 Å². The Morgan fingerprint density at radius 3 is 2.39 bits per heavy atom. The number of alkyl carbamates (subject to hydrolysis) is 1. The van der Waals surface area contributed by atoms with E-state index >= 15 is 0 Å². The first-order valence-electron chi connectivity index (χ1n) is 16.5. The number of carbonyl (C=O) groups excluding carboxylic acids is 2. The average molecular weight is 607 g/mol. The Hall–Kier alpha value is -3.14. The first-order chi connectivity index (χ1) is 21.6. The van der Waals surface area contributed by atoms with Gasteiger partial charge in [-0.1, -0.05) is 42.5 Å². The highest BCUT2D eigenvalue weighted by molar-refractivity contribution is 5.72. The molecule has 5 aliphatic rings. The molecule has 1 N–H and O–H groups in total. The normalized spacial score (nSPS) is 27.4. The number of carbonyl (C=O) groups is 2. The summed E-state index contributed by atoms with van der Waals surface area (Å²) < 4.78 is 28.6. The van der Waals surface area contributed by atoms with Gasteiger partial charge in [-0.15, -0.1) is 0 Å². The molecule has 238 valence electrons. The predicted molar refractivity (Wildman–Crippen MR) is 164 cm³/mol. The van der Waals surface area contributed by atoms with Gasteiger partial charge >= 0.3 is 12.1 Å². The van der Waals surface area contributed by atoms with Gasteiger partial charge in [0.05, 0.1) is 38.4 Å². The number of benzene rings is 2. The van der Waals surface area contributed by atoms with E-state index in [1.807, 2.05) is 54.6 Å². The lowest BCUT2D eigenvalue weighted by Crippen LogP contribution is -2.52. The maximum absolute atomic E-state index is 13.1. The van der Waals surface area contributed by atoms with Gasteiger partial charge in [-0.3, -0.25) is 9.69 Å². The second kappa shape index (κ2) is 15.2. The Bertz CT molecular complexity index is 1200. The SMILES string of the molecule is O=C(N[C@@H](c1ccccc1)c1cccc(OCC2CCC(C(=O)OCCCC3OCCO3)CC2)c1)OC1CN2CCC1CC2. The van der Waals surface area contributed by atoms with Gasteiger partial charge in [-0.05, 0) is 93.1 Å². The van der Waals surface area contributed by atoms with Crippen LogP contribution >= 0.6 is 0 Å². The Balaban J connectivity index is 0.979. The third-order valence-corrected chi connectivity index (χ3v) is 9.63. The summed E-state index contributed by atoms with van der Waals surface area (Å²) >= 11 is 0. The third kappa shape index (κ3) is 8.31. The molecule has 5 fully saturated rings. The molecule has 0 spiro atoms. The van der Waals surface area contributed by atoms with Crippen LogP contribution in [0.5, 0.6) is 5.75 Å². The Kier molecular flexibility index (Phi) is 10.7. The van der Waals surface area contributed by atoms with E-state index < -0.39 is 0 Å². The molecule has 2 atom stereocenters. The number of hydrogen-bond donors (Lipinski definition) is 1. The van der Waals surface area contributed by atoms with E-state index in [9.17, 15) is 9.59 Å². The minimum Gasteiger partial charge on any atom is -0.493 e. The van der Waals surface area contributed by atoms with Crippen LogP contribution in [0, 0.1) is 17.8 Å². The van der Waals surface area contributed by atoms with Gasteiger partial charge in [0.2, 0.25) is 0 Å². The van der Waals surface area contributed by atoms with Crippen LogP contribution in [0.2, 0.25) is 0 Å². The molecule has 4 aliphatic heterocycles. The molecular formula is C35H46N2O7. The minimum absolute atomic E-state index is 0.0352. The Morgan fingerprint density at radius 1 is 0.909 bits per heavy atom. The van der Waals surface area contributed by atoms with Gasteiger partial charge in [0, 0.05) is 13.0 Å². The minimum atomic E-state index is -0.379. The van der Waals surface area contributed by atoms with Crippen molar-refractivity contribution in [1.82, 2.24) is 10.2 Å². The van der Waals surface area contributed by atoms with Crippen molar-refractivity contribution in [3.05, 3.63) is 65.7 Å². The number of hydrogen-bond acceptors (Lipinski definition) is 8. The molecule has 1 amide bonds. The van der Waals surface area contributed by atoms with E-state index in [2.05, 4.69) is 10.2 Å². The first kappa shape index (κ1) is 30.9. The molecule has 0 aromatic heterocycles. The molecule has 1 unspecified atom stereocenters. The molecule has 9 heteroatoms. The lowest BCUT2D eigenvalue weighted by atomic mass is 9.82. The van der Waals surface area contributed by atoms with Crippen LogP contribution in [0.25, 0.3) is 0 Å². The molecule has 4 heterocycles. The van der Waals surface area contributed by atoms with Gasteiger partial charge in [0.15, 0.2) is 6.29 Å². The number of fused-ring (bicyclic) bond motifs is 3. The number of piperidine rings is 3. The lowest BCUT2D eigenvalue weighted by molar-refractivity contribution is -0.150. The van der Waals surface area contributed by atoms with Crippen LogP contribution in [-0.2, 0) is 23.7 Å². The van der Waals surface area contributed by atoms with E-state index in [4.69, 9.17) is 23.7 Å². The summed E-state index contributed by atoms with van der Waals surface area (Å²) in [5.41, 5.74) is 1.93. The molecule has 2 aromatic rings. The van der Waals surface area contributed by atoms with Crippen molar-refractivity contribution in [3.63, 3.8) is 0 Å². The molecule has 1 aliphatic carbocycles. The fraction of sp³-hybridized carbons (Fsp3) is 0.600. The van der Waals surface area contributed by atoms with Crippen molar-refractivity contribution >= 4 is 12.1 Å². The predicted octanol–water partition coefficient (Wildman–Crippen LogP) is 5.48. The topological polar surface area (TPSA) is 95.6 Å². The standard InChI is InChI=1S/C35H46N2O7/c38-34(42-19-5-10-32-40-20-21-41-32)28-13-11-25(12-14-28)24-43-30-9-4-8-29(22-30)33(27-6-2-1-3-7-27)36-35(39)44-31-23-37-17-15-26(31)16-18-37/h1-4,6-9,22,25-26,28,31-33H,5,10-21,23-24H2,(H,36,39)/t25?,28?,31?,33-/m0/s1. The van der Waals surface area contributed by atoms with Crippen LogP contribution in [0.4, 0.5) is 4.79 Å². The number of amides is 1. The molecule has 9 nitrogen and oxygen atoms in total. The summed E-state index contributed by atoms with van der Waals surface area (Å²) in [6, 6.07) is 17.6. The summed E-state index contributed by atoms with van der Waals surface area (Å²) in [5, 5.41) is 3.15. The van der Waals surface area contributed by atoms with E-state index in [1.165, 1.54) is 0 Å². The molecule has 0 radical (unpaired) electrons. The summed E-state index contributed by atoms with van der Waals surface area (Å²) in [7, 11) is 0. The molecule has 4 saturated heterocycles. The highest BCUT2D eigenvalue weighted by Crippen LogP contribution is 2.32. The highest BCUT2D eigenvalue weighted by atomic mass is 16.7. The van der Waals surface area contributed by atoms with E-state index in [0.717, 1.165) is 87.9 Å². The molecular weight excluding hydrogens is 560 g/mol. The van der Waals surface area contributed by atoms with Crippen molar-refractivity contribution in [2.24, 2.45) is 17.8 Å². The number of esters is 1. The van der Waals surface area contributed by atoms with Gasteiger partial charge in [0.25, 0.3) is 0 Å². The largest absolute Gasteiger partial charge is 0.493 e. The van der Waals surface area contributed by atoms with Gasteiger partial charge < -0.3 is 29.0 Å². The van der Waals surface area contributed by atoms with E-state index in [-0.39, 0.29) is 36.4 Å². The van der Waals surface area contributed by atoms with Crippen LogP contribution in [-0.4, -0.2) is 75.4 Å². The molecule has 7 rings (SSSR count). The number of nitrogens with zero attached hydrogens (tertiary/aromatic N) is 1. The zero-order valence-electron chi connectivity index (χ0n) is 25.6. The van der Waals surface area contributed by atoms with Gasteiger partial charge in [-0.25, -0.2) is 4.79 Å². The number of nitrogens with one attached hydrogen (secondary N) is 1. The molecule has 2 bridgehead atoms. The van der Waals surface area contributed by atoms with Gasteiger partial charge in [0.1, 0.15) is 11.9 Å². The Morgan fingerprint density at radius 2 is 1.66 bits per heavy atom. The number of ether oxygens (including phenoxy) is 5. The van der Waals surface area contributed by atoms with Crippen LogP contribution < -0.4 is 10.1 Å². The first-order valence-corrected chi connectivity index (χ1v) is 16.5. The molecule has 2 aromatic carbocycles. The monoisotopic (exact) mass is 606 g/mol. The van der Waals surface area contributed by atoms with Crippen molar-refractivity contribution in [1.29, 1.82) is 0 Å². The fourth-order valence-electron chi connectivity index (χ4n) is 7.02. The smallest absolute Gasteiger partial charge is 0.408 e. The summed E-state index contributed by atoms with van der Waals surface area (Å²) in [4.78, 5) is 28.1. The molecule has 44 heavy (non-hydrogen) atoms. The quantitative estimate of drug-likeness (QED) is 0.251. The molecule has 1 saturated carbocycles. The maximum atomic E-state index is 13.1. The number of rotatable bonds is 12. The van der Waals surface area contributed by atoms with Crippen molar-refractivity contribution < 1.29 is 33.3 Å². The van der Waals surface area contributed by atoms with E-state index in [1.54, 1.807) is 0 Å². The summed E-state index contributed by atoms with van der Waals surface area (Å²) in [6.45, 7) is 5.33. The van der Waals surface area contributed by atoms with E-state index in [0.29, 0.717) is 38.3 Å². The second-order valence-electron chi connectivity index (χ2n) is 12.7. The van der Waals surface area contributed by atoms with Crippen LogP contribution in [0.15, 0.2) is 54.6 Å². The third-order valence-electron chi connectivity index (χ3n) is 9.63. The summed E-state index contributed by atoms with van der Waals surface area (Å²) in [6.07, 6.45) is 6.63. The Labute approximate surface area is 260 Å². The fourth-order valence-corrected chi connectivity index (χ4v) is 7.02. The van der Waals surface area contributed by atoms with Crippen LogP contribution in [0.1, 0.15) is 68.5 Å². The van der Waals surface area contributed by atoms with Crippen molar-refractivity contribution in [2.75, 3.05) is 46.1 Å². The average Bonchev–Trinajstić information content (AvgIpc) is 3.60.